The van der Waals surface area contributed by atoms with Gasteiger partial charge in [0.15, 0.2) is 0 Å². The summed E-state index contributed by atoms with van der Waals surface area (Å²) in [6.07, 6.45) is 6.30. The monoisotopic (exact) mass is 329 g/mol. The number of rotatable bonds is 7. The lowest BCUT2D eigenvalue weighted by Crippen LogP contribution is -2.27. The van der Waals surface area contributed by atoms with Crippen LogP contribution >= 0.6 is 11.6 Å². The number of pyridine rings is 1. The molecule has 0 aliphatic heterocycles. The second-order valence-corrected chi connectivity index (χ2v) is 6.40. The molecule has 2 N–H and O–H groups in total. The van der Waals surface area contributed by atoms with Gasteiger partial charge < -0.3 is 9.88 Å². The summed E-state index contributed by atoms with van der Waals surface area (Å²) in [6, 6.07) is 1.38. The average Bonchev–Trinajstić information content (AvgIpc) is 2.94. The highest BCUT2D eigenvalue weighted by molar-refractivity contribution is 7.89. The highest BCUT2D eigenvalue weighted by Crippen LogP contribution is 2.22. The molecule has 2 aromatic heterocycles. The van der Waals surface area contributed by atoms with Crippen LogP contribution in [0.25, 0.3) is 0 Å². The Balaban J connectivity index is 2.03. The first-order valence-corrected chi connectivity index (χ1v) is 8.24. The van der Waals surface area contributed by atoms with Crippen LogP contribution in [0.5, 0.6) is 0 Å². The lowest BCUT2D eigenvalue weighted by atomic mass is 10.4. The van der Waals surface area contributed by atoms with Crippen LogP contribution in [-0.2, 0) is 16.6 Å². The number of hydrogen-bond donors (Lipinski definition) is 2. The van der Waals surface area contributed by atoms with E-state index < -0.39 is 10.0 Å². The Morgan fingerprint density at radius 2 is 2.24 bits per heavy atom. The highest BCUT2D eigenvalue weighted by Gasteiger charge is 2.16. The van der Waals surface area contributed by atoms with Crippen molar-refractivity contribution in [2.45, 2.75) is 18.4 Å². The second kappa shape index (κ2) is 6.88. The quantitative estimate of drug-likeness (QED) is 0.800. The first-order chi connectivity index (χ1) is 10.0. The van der Waals surface area contributed by atoms with Crippen molar-refractivity contribution >= 4 is 27.4 Å². The van der Waals surface area contributed by atoms with Crippen LogP contribution in [0.1, 0.15) is 6.92 Å². The third kappa shape index (κ3) is 4.16. The summed E-state index contributed by atoms with van der Waals surface area (Å²) in [5, 5.41) is 3.22. The average molecular weight is 330 g/mol. The van der Waals surface area contributed by atoms with Gasteiger partial charge in [-0.15, -0.1) is 0 Å². The van der Waals surface area contributed by atoms with Gasteiger partial charge in [0.2, 0.25) is 10.0 Å². The van der Waals surface area contributed by atoms with E-state index in [-0.39, 0.29) is 16.5 Å². The van der Waals surface area contributed by atoms with Crippen molar-refractivity contribution in [2.75, 3.05) is 18.4 Å². The van der Waals surface area contributed by atoms with Crippen LogP contribution < -0.4 is 10.0 Å². The molecular formula is C12H16ClN5O2S. The maximum Gasteiger partial charge on any atom is 0.242 e. The number of halogens is 1. The van der Waals surface area contributed by atoms with Crippen LogP contribution in [-0.4, -0.2) is 36.0 Å². The lowest BCUT2D eigenvalue weighted by Gasteiger charge is -2.09. The maximum atomic E-state index is 12.1. The van der Waals surface area contributed by atoms with Gasteiger partial charge in [-0.25, -0.2) is 23.1 Å². The molecule has 0 spiro atoms. The molecule has 0 atom stereocenters. The Morgan fingerprint density at radius 1 is 1.43 bits per heavy atom. The third-order valence-electron chi connectivity index (χ3n) is 2.69. The maximum absolute atomic E-state index is 12.1. The molecule has 7 nitrogen and oxygen atoms in total. The predicted molar refractivity (Wildman–Crippen MR) is 80.8 cm³/mol. The van der Waals surface area contributed by atoms with Crippen molar-refractivity contribution in [1.82, 2.24) is 19.3 Å². The van der Waals surface area contributed by atoms with Gasteiger partial charge in [-0.1, -0.05) is 11.6 Å². The molecule has 0 bridgehead atoms. The van der Waals surface area contributed by atoms with Gasteiger partial charge in [-0.05, 0) is 13.0 Å². The molecule has 114 valence electrons. The molecule has 0 aliphatic rings. The number of nitrogens with zero attached hydrogens (tertiary/aromatic N) is 3. The lowest BCUT2D eigenvalue weighted by molar-refractivity contribution is 0.572. The molecule has 0 aliphatic carbocycles. The fourth-order valence-electron chi connectivity index (χ4n) is 1.68. The minimum Gasteiger partial charge on any atom is -0.369 e. The number of sulfonamides is 1. The van der Waals surface area contributed by atoms with E-state index in [9.17, 15) is 8.42 Å². The van der Waals surface area contributed by atoms with Gasteiger partial charge >= 0.3 is 0 Å². The van der Waals surface area contributed by atoms with Crippen LogP contribution in [0, 0.1) is 0 Å². The van der Waals surface area contributed by atoms with E-state index in [0.717, 1.165) is 0 Å². The van der Waals surface area contributed by atoms with Crippen molar-refractivity contribution in [1.29, 1.82) is 0 Å². The summed E-state index contributed by atoms with van der Waals surface area (Å²) in [6.45, 7) is 3.31. The standard InChI is InChI=1S/C12H16ClN5O2S/c1-2-15-12-11(13)7-10(8-16-12)21(19,20)17-4-6-18-5-3-14-9-18/h3,5,7-9,17H,2,4,6H2,1H3,(H,15,16). The normalized spacial score (nSPS) is 11.5. The molecule has 9 heteroatoms. The Labute approximate surface area is 128 Å². The number of aromatic nitrogens is 3. The number of anilines is 1. The zero-order valence-electron chi connectivity index (χ0n) is 11.5. The molecule has 21 heavy (non-hydrogen) atoms. The van der Waals surface area contributed by atoms with Crippen LogP contribution in [0.3, 0.4) is 0 Å². The van der Waals surface area contributed by atoms with E-state index in [1.165, 1.54) is 12.3 Å². The van der Waals surface area contributed by atoms with Crippen molar-refractivity contribution < 1.29 is 8.42 Å². The van der Waals surface area contributed by atoms with Gasteiger partial charge in [0.25, 0.3) is 0 Å². The summed E-state index contributed by atoms with van der Waals surface area (Å²) < 4.78 is 28.5. The van der Waals surface area contributed by atoms with Crippen molar-refractivity contribution in [3.05, 3.63) is 36.0 Å². The first-order valence-electron chi connectivity index (χ1n) is 6.37. The number of nitrogens with one attached hydrogen (secondary N) is 2. The van der Waals surface area contributed by atoms with E-state index in [4.69, 9.17) is 11.6 Å². The Hall–Kier alpha value is -1.64. The second-order valence-electron chi connectivity index (χ2n) is 4.23. The van der Waals surface area contributed by atoms with Gasteiger partial charge in [0.05, 0.1) is 11.3 Å². The topological polar surface area (TPSA) is 88.9 Å². The minimum atomic E-state index is -3.63. The molecule has 2 heterocycles. The molecule has 2 aromatic rings. The van der Waals surface area contributed by atoms with E-state index >= 15 is 0 Å². The zero-order chi connectivity index (χ0) is 15.3. The SMILES string of the molecule is CCNc1ncc(S(=O)(=O)NCCn2ccnc2)cc1Cl. The highest BCUT2D eigenvalue weighted by atomic mass is 35.5. The Morgan fingerprint density at radius 3 is 2.86 bits per heavy atom. The van der Waals surface area contributed by atoms with Gasteiger partial charge in [-0.3, -0.25) is 0 Å². The third-order valence-corrected chi connectivity index (χ3v) is 4.41. The van der Waals surface area contributed by atoms with Gasteiger partial charge in [0.1, 0.15) is 10.7 Å². The molecule has 0 saturated carbocycles. The van der Waals surface area contributed by atoms with Crippen molar-refractivity contribution in [3.63, 3.8) is 0 Å². The molecule has 0 radical (unpaired) electrons. The Bertz CT molecular complexity index is 688. The molecule has 2 rings (SSSR count). The van der Waals surface area contributed by atoms with Crippen molar-refractivity contribution in [2.24, 2.45) is 0 Å². The van der Waals surface area contributed by atoms with Crippen molar-refractivity contribution in [3.8, 4) is 0 Å². The Kier molecular flexibility index (Phi) is 5.16. The number of hydrogen-bond acceptors (Lipinski definition) is 5. The van der Waals surface area contributed by atoms with Crippen LogP contribution in [0.2, 0.25) is 5.02 Å². The first kappa shape index (κ1) is 15.7. The van der Waals surface area contributed by atoms with E-state index in [2.05, 4.69) is 20.0 Å². The predicted octanol–water partition coefficient (Wildman–Crippen LogP) is 1.34. The summed E-state index contributed by atoms with van der Waals surface area (Å²) >= 11 is 6.00. The molecule has 0 unspecified atom stereocenters. The molecule has 0 fully saturated rings. The fourth-order valence-corrected chi connectivity index (χ4v) is 2.97. The molecule has 0 amide bonds. The molecular weight excluding hydrogens is 314 g/mol. The smallest absolute Gasteiger partial charge is 0.242 e. The largest absolute Gasteiger partial charge is 0.369 e. The summed E-state index contributed by atoms with van der Waals surface area (Å²) in [4.78, 5) is 7.94. The van der Waals surface area contributed by atoms with E-state index in [1.54, 1.807) is 23.3 Å². The van der Waals surface area contributed by atoms with E-state index in [0.29, 0.717) is 18.9 Å². The zero-order valence-corrected chi connectivity index (χ0v) is 13.0. The summed E-state index contributed by atoms with van der Waals surface area (Å²) in [7, 11) is -3.63. The number of imidazole rings is 1. The van der Waals surface area contributed by atoms with Crippen LogP contribution in [0.4, 0.5) is 5.82 Å². The van der Waals surface area contributed by atoms with E-state index in [1.807, 2.05) is 6.92 Å². The minimum absolute atomic E-state index is 0.0415. The summed E-state index contributed by atoms with van der Waals surface area (Å²) in [5.74, 6) is 0.469. The molecule has 0 saturated heterocycles. The van der Waals surface area contributed by atoms with Gasteiger partial charge in [0, 0.05) is 38.2 Å². The molecule has 0 aromatic carbocycles. The van der Waals surface area contributed by atoms with Crippen LogP contribution in [0.15, 0.2) is 35.9 Å². The van der Waals surface area contributed by atoms with Gasteiger partial charge in [-0.2, -0.15) is 0 Å². The fraction of sp³-hybridized carbons (Fsp3) is 0.333. The summed E-state index contributed by atoms with van der Waals surface area (Å²) in [5.41, 5.74) is 0.